The SMILES string of the molecule is CSc1ccc(C(=O)c2c(C)cc3n2CCC3C(=O)OC(C)c2ccccc2)n1C. The number of ketones is 1. The van der Waals surface area contributed by atoms with E-state index in [1.165, 1.54) is 0 Å². The number of esters is 1. The zero-order chi connectivity index (χ0) is 21.4. The summed E-state index contributed by atoms with van der Waals surface area (Å²) in [7, 11) is 1.91. The van der Waals surface area contributed by atoms with Gasteiger partial charge in [0, 0.05) is 19.3 Å². The molecule has 0 radical (unpaired) electrons. The van der Waals surface area contributed by atoms with E-state index in [0.29, 0.717) is 24.4 Å². The molecular formula is C24H26N2O3S. The Kier molecular flexibility index (Phi) is 5.60. The molecule has 30 heavy (non-hydrogen) atoms. The Bertz CT molecular complexity index is 1100. The Morgan fingerprint density at radius 2 is 1.90 bits per heavy atom. The van der Waals surface area contributed by atoms with Crippen LogP contribution >= 0.6 is 11.8 Å². The predicted molar refractivity (Wildman–Crippen MR) is 118 cm³/mol. The topological polar surface area (TPSA) is 53.2 Å². The summed E-state index contributed by atoms with van der Waals surface area (Å²) in [6, 6.07) is 15.5. The number of ether oxygens (including phenoxy) is 1. The maximum Gasteiger partial charge on any atom is 0.315 e. The van der Waals surface area contributed by atoms with Crippen LogP contribution in [0.25, 0.3) is 0 Å². The lowest BCUT2D eigenvalue weighted by Gasteiger charge is -2.16. The van der Waals surface area contributed by atoms with Crippen molar-refractivity contribution in [1.82, 2.24) is 9.13 Å². The lowest BCUT2D eigenvalue weighted by molar-refractivity contribution is -0.150. The third-order valence-corrected chi connectivity index (χ3v) is 6.73. The van der Waals surface area contributed by atoms with E-state index < -0.39 is 0 Å². The Balaban J connectivity index is 1.58. The number of thioether (sulfide) groups is 1. The standard InChI is InChI=1S/C24H26N2O3S/c1-15-14-20-18(24(28)29-16(2)17-8-6-5-7-9-17)12-13-26(20)22(15)23(27)19-10-11-21(30-4)25(19)3/h5-11,14,16,18H,12-13H2,1-4H3. The molecular weight excluding hydrogens is 396 g/mol. The minimum atomic E-state index is -0.341. The molecule has 4 rings (SSSR count). The number of benzene rings is 1. The summed E-state index contributed by atoms with van der Waals surface area (Å²) in [6.45, 7) is 4.47. The number of aromatic nitrogens is 2. The van der Waals surface area contributed by atoms with Gasteiger partial charge >= 0.3 is 5.97 Å². The average molecular weight is 423 g/mol. The van der Waals surface area contributed by atoms with E-state index in [-0.39, 0.29) is 23.8 Å². The lowest BCUT2D eigenvalue weighted by Crippen LogP contribution is -2.16. The first-order valence-corrected chi connectivity index (χ1v) is 11.3. The number of aryl methyl sites for hydroxylation is 1. The third kappa shape index (κ3) is 3.49. The maximum atomic E-state index is 13.3. The average Bonchev–Trinajstić information content (AvgIpc) is 3.40. The summed E-state index contributed by atoms with van der Waals surface area (Å²) in [5.41, 5.74) is 4.08. The molecule has 1 aromatic carbocycles. The molecule has 1 aliphatic rings. The van der Waals surface area contributed by atoms with E-state index in [0.717, 1.165) is 21.8 Å². The van der Waals surface area contributed by atoms with Crippen LogP contribution in [0, 0.1) is 6.92 Å². The van der Waals surface area contributed by atoms with Crippen LogP contribution in [0.5, 0.6) is 0 Å². The number of rotatable bonds is 6. The van der Waals surface area contributed by atoms with Crippen LogP contribution in [0.4, 0.5) is 0 Å². The van der Waals surface area contributed by atoms with Crippen molar-refractivity contribution in [1.29, 1.82) is 0 Å². The fourth-order valence-corrected chi connectivity index (χ4v) is 4.86. The fraction of sp³-hybridized carbons (Fsp3) is 0.333. The van der Waals surface area contributed by atoms with Gasteiger partial charge in [-0.2, -0.15) is 0 Å². The van der Waals surface area contributed by atoms with Gasteiger partial charge in [-0.25, -0.2) is 0 Å². The van der Waals surface area contributed by atoms with Crippen molar-refractivity contribution >= 4 is 23.5 Å². The van der Waals surface area contributed by atoms with Crippen molar-refractivity contribution in [2.75, 3.05) is 6.26 Å². The first kappa shape index (κ1) is 20.5. The molecule has 3 aromatic rings. The number of carbonyl (C=O) groups excluding carboxylic acids is 2. The van der Waals surface area contributed by atoms with E-state index in [1.54, 1.807) is 11.8 Å². The van der Waals surface area contributed by atoms with Crippen molar-refractivity contribution in [3.8, 4) is 0 Å². The molecule has 2 atom stereocenters. The molecule has 0 fully saturated rings. The predicted octanol–water partition coefficient (Wildman–Crippen LogP) is 4.88. The summed E-state index contributed by atoms with van der Waals surface area (Å²) in [6.07, 6.45) is 2.34. The Morgan fingerprint density at radius 1 is 1.17 bits per heavy atom. The first-order valence-electron chi connectivity index (χ1n) is 10.1. The van der Waals surface area contributed by atoms with Gasteiger partial charge in [-0.3, -0.25) is 9.59 Å². The largest absolute Gasteiger partial charge is 0.457 e. The van der Waals surface area contributed by atoms with Crippen LogP contribution in [-0.4, -0.2) is 27.1 Å². The summed E-state index contributed by atoms with van der Waals surface area (Å²) >= 11 is 1.61. The normalized spacial score (nSPS) is 16.3. The highest BCUT2D eigenvalue weighted by Gasteiger charge is 2.35. The smallest absolute Gasteiger partial charge is 0.315 e. The molecule has 0 bridgehead atoms. The molecule has 3 heterocycles. The number of hydrogen-bond acceptors (Lipinski definition) is 4. The second kappa shape index (κ2) is 8.19. The minimum Gasteiger partial charge on any atom is -0.457 e. The fourth-order valence-electron chi connectivity index (χ4n) is 4.28. The van der Waals surface area contributed by atoms with Crippen LogP contribution < -0.4 is 0 Å². The van der Waals surface area contributed by atoms with E-state index in [9.17, 15) is 9.59 Å². The van der Waals surface area contributed by atoms with Gasteiger partial charge in [-0.05, 0) is 55.9 Å². The highest BCUT2D eigenvalue weighted by Crippen LogP contribution is 2.36. The number of carbonyl (C=O) groups is 2. The van der Waals surface area contributed by atoms with Gasteiger partial charge in [0.1, 0.15) is 6.10 Å². The van der Waals surface area contributed by atoms with E-state index >= 15 is 0 Å². The molecule has 0 saturated carbocycles. The van der Waals surface area contributed by atoms with Gasteiger partial charge in [0.25, 0.3) is 0 Å². The molecule has 1 aliphatic heterocycles. The van der Waals surface area contributed by atoms with E-state index in [4.69, 9.17) is 4.74 Å². The zero-order valence-electron chi connectivity index (χ0n) is 17.7. The Labute approximate surface area is 181 Å². The van der Waals surface area contributed by atoms with Gasteiger partial charge in [0.05, 0.1) is 22.3 Å². The van der Waals surface area contributed by atoms with Crippen molar-refractivity contribution < 1.29 is 14.3 Å². The van der Waals surface area contributed by atoms with Crippen molar-refractivity contribution in [2.45, 2.75) is 43.9 Å². The molecule has 0 saturated heterocycles. The van der Waals surface area contributed by atoms with Gasteiger partial charge in [0.15, 0.2) is 0 Å². The molecule has 5 nitrogen and oxygen atoms in total. The van der Waals surface area contributed by atoms with Crippen LogP contribution in [0.1, 0.15) is 58.4 Å². The maximum absolute atomic E-state index is 13.3. The molecule has 6 heteroatoms. The van der Waals surface area contributed by atoms with Crippen LogP contribution in [0.3, 0.4) is 0 Å². The lowest BCUT2D eigenvalue weighted by atomic mass is 10.0. The summed E-state index contributed by atoms with van der Waals surface area (Å²) in [4.78, 5) is 26.2. The van der Waals surface area contributed by atoms with E-state index in [1.807, 2.05) is 84.8 Å². The molecule has 2 unspecified atom stereocenters. The quantitative estimate of drug-likeness (QED) is 0.323. The Morgan fingerprint density at radius 3 is 2.57 bits per heavy atom. The number of nitrogens with zero attached hydrogens (tertiary/aromatic N) is 2. The molecule has 0 N–H and O–H groups in total. The van der Waals surface area contributed by atoms with Crippen LogP contribution in [-0.2, 0) is 23.1 Å². The van der Waals surface area contributed by atoms with Gasteiger partial charge in [-0.15, -0.1) is 11.8 Å². The number of fused-ring (bicyclic) bond motifs is 1. The second-order valence-electron chi connectivity index (χ2n) is 7.73. The minimum absolute atomic E-state index is 0.00628. The molecule has 156 valence electrons. The third-order valence-electron chi connectivity index (χ3n) is 5.90. The number of hydrogen-bond donors (Lipinski definition) is 0. The highest BCUT2D eigenvalue weighted by molar-refractivity contribution is 7.98. The summed E-state index contributed by atoms with van der Waals surface area (Å²) < 4.78 is 9.69. The van der Waals surface area contributed by atoms with Crippen LogP contribution in [0.15, 0.2) is 53.6 Å². The van der Waals surface area contributed by atoms with Crippen LogP contribution in [0.2, 0.25) is 0 Å². The first-order chi connectivity index (χ1) is 14.4. The monoisotopic (exact) mass is 422 g/mol. The summed E-state index contributed by atoms with van der Waals surface area (Å²) in [5.74, 6) is -0.579. The van der Waals surface area contributed by atoms with Crippen molar-refractivity contribution in [3.05, 3.63) is 76.7 Å². The summed E-state index contributed by atoms with van der Waals surface area (Å²) in [5, 5.41) is 1.04. The Hall–Kier alpha value is -2.73. The molecule has 2 aromatic heterocycles. The zero-order valence-corrected chi connectivity index (χ0v) is 18.5. The van der Waals surface area contributed by atoms with Gasteiger partial charge in [0.2, 0.25) is 5.78 Å². The highest BCUT2D eigenvalue weighted by atomic mass is 32.2. The molecule has 0 amide bonds. The second-order valence-corrected chi connectivity index (χ2v) is 8.56. The van der Waals surface area contributed by atoms with Gasteiger partial charge in [-0.1, -0.05) is 30.3 Å². The van der Waals surface area contributed by atoms with Crippen molar-refractivity contribution in [2.24, 2.45) is 7.05 Å². The van der Waals surface area contributed by atoms with Crippen molar-refractivity contribution in [3.63, 3.8) is 0 Å². The molecule has 0 spiro atoms. The van der Waals surface area contributed by atoms with Gasteiger partial charge < -0.3 is 13.9 Å². The molecule has 0 aliphatic carbocycles. The van der Waals surface area contributed by atoms with E-state index in [2.05, 4.69) is 0 Å².